The first-order valence-electron chi connectivity index (χ1n) is 7.71. The van der Waals surface area contributed by atoms with E-state index in [1.165, 1.54) is 43.9 Å². The van der Waals surface area contributed by atoms with Gasteiger partial charge >= 0.3 is 0 Å². The summed E-state index contributed by atoms with van der Waals surface area (Å²) in [5.41, 5.74) is 0. The van der Waals surface area contributed by atoms with Gasteiger partial charge in [0.15, 0.2) is 0 Å². The van der Waals surface area contributed by atoms with E-state index in [4.69, 9.17) is 0 Å². The van der Waals surface area contributed by atoms with Crippen molar-refractivity contribution in [3.8, 4) is 0 Å². The number of fused-ring (bicyclic) bond motifs is 2. The molecule has 0 saturated heterocycles. The normalized spacial score (nSPS) is 28.4. The topological polar surface area (TPSA) is 58.2 Å². The number of nitrogens with one attached hydrogen (secondary N) is 2. The van der Waals surface area contributed by atoms with E-state index in [2.05, 4.69) is 17.6 Å². The van der Waals surface area contributed by atoms with Crippen molar-refractivity contribution in [2.24, 2.45) is 17.8 Å². The molecule has 1 heterocycles. The van der Waals surface area contributed by atoms with Crippen molar-refractivity contribution >= 4 is 28.2 Å². The fraction of sp³-hybridized carbons (Fsp3) is 0.625. The van der Waals surface area contributed by atoms with Gasteiger partial charge in [0.2, 0.25) is 5.91 Å². The molecule has 0 spiro atoms. The Kier molecular flexibility index (Phi) is 4.02. The predicted molar refractivity (Wildman–Crippen MR) is 84.5 cm³/mol. The molecule has 2 aliphatic rings. The van der Waals surface area contributed by atoms with Crippen LogP contribution in [-0.4, -0.2) is 17.9 Å². The van der Waals surface area contributed by atoms with Gasteiger partial charge in [-0.3, -0.25) is 9.59 Å². The van der Waals surface area contributed by atoms with Crippen LogP contribution in [0.25, 0.3) is 0 Å². The van der Waals surface area contributed by atoms with Gasteiger partial charge in [-0.2, -0.15) is 0 Å². The third-order valence-electron chi connectivity index (χ3n) is 4.92. The highest BCUT2D eigenvalue weighted by atomic mass is 32.1. The van der Waals surface area contributed by atoms with Gasteiger partial charge in [0.25, 0.3) is 5.91 Å². The second-order valence-electron chi connectivity index (χ2n) is 6.45. The second-order valence-corrected chi connectivity index (χ2v) is 7.53. The molecule has 2 amide bonds. The molecular formula is C16H22N2O2S. The summed E-state index contributed by atoms with van der Waals surface area (Å²) in [4.78, 5) is 24.0. The zero-order chi connectivity index (χ0) is 15.0. The summed E-state index contributed by atoms with van der Waals surface area (Å²) in [6, 6.07) is 3.79. The van der Waals surface area contributed by atoms with Gasteiger partial charge in [0.05, 0.1) is 9.88 Å². The summed E-state index contributed by atoms with van der Waals surface area (Å²) in [6.45, 7) is 3.60. The summed E-state index contributed by atoms with van der Waals surface area (Å²) in [5, 5.41) is 6.58. The molecule has 4 nitrogen and oxygen atoms in total. The Labute approximate surface area is 129 Å². The molecule has 0 radical (unpaired) electrons. The number of carbonyl (C=O) groups is 2. The number of thiophene rings is 1. The Bertz CT molecular complexity index is 554. The monoisotopic (exact) mass is 306 g/mol. The highest BCUT2D eigenvalue weighted by molar-refractivity contribution is 7.18. The first-order valence-corrected chi connectivity index (χ1v) is 8.53. The number of rotatable bonds is 4. The van der Waals surface area contributed by atoms with Crippen molar-refractivity contribution in [2.75, 3.05) is 5.32 Å². The average Bonchev–Trinajstić information content (AvgIpc) is 3.12. The van der Waals surface area contributed by atoms with Crippen LogP contribution in [0, 0.1) is 17.8 Å². The van der Waals surface area contributed by atoms with Crippen LogP contribution in [0.3, 0.4) is 0 Å². The zero-order valence-corrected chi connectivity index (χ0v) is 13.3. The smallest absolute Gasteiger partial charge is 0.261 e. The number of carbonyl (C=O) groups excluding carboxylic acids is 2. The maximum absolute atomic E-state index is 12.3. The number of hydrogen-bond acceptors (Lipinski definition) is 3. The van der Waals surface area contributed by atoms with Crippen LogP contribution in [0.2, 0.25) is 0 Å². The highest BCUT2D eigenvalue weighted by Gasteiger charge is 2.42. The lowest BCUT2D eigenvalue weighted by Crippen LogP contribution is -2.39. The number of hydrogen-bond donors (Lipinski definition) is 2. The molecule has 2 fully saturated rings. The van der Waals surface area contributed by atoms with Crippen LogP contribution in [0.4, 0.5) is 5.00 Å². The first-order chi connectivity index (χ1) is 10.0. The van der Waals surface area contributed by atoms with E-state index in [9.17, 15) is 9.59 Å². The van der Waals surface area contributed by atoms with E-state index >= 15 is 0 Å². The molecular weight excluding hydrogens is 284 g/mol. The third kappa shape index (κ3) is 3.12. The summed E-state index contributed by atoms with van der Waals surface area (Å²) in [7, 11) is 0. The maximum atomic E-state index is 12.3. The Morgan fingerprint density at radius 2 is 2.10 bits per heavy atom. The maximum Gasteiger partial charge on any atom is 0.261 e. The van der Waals surface area contributed by atoms with Gasteiger partial charge in [-0.15, -0.1) is 11.3 Å². The molecule has 5 heteroatoms. The molecule has 4 atom stereocenters. The van der Waals surface area contributed by atoms with E-state index in [1.807, 2.05) is 0 Å². The van der Waals surface area contributed by atoms with Crippen LogP contribution in [0.15, 0.2) is 12.1 Å². The number of anilines is 1. The Morgan fingerprint density at radius 3 is 2.71 bits per heavy atom. The minimum absolute atomic E-state index is 0.0214. The fourth-order valence-electron chi connectivity index (χ4n) is 3.99. The van der Waals surface area contributed by atoms with Crippen molar-refractivity contribution in [3.05, 3.63) is 17.0 Å². The van der Waals surface area contributed by atoms with Gasteiger partial charge in [-0.25, -0.2) is 0 Å². The highest BCUT2D eigenvalue weighted by Crippen LogP contribution is 2.49. The van der Waals surface area contributed by atoms with Crippen molar-refractivity contribution in [1.82, 2.24) is 5.32 Å². The molecule has 2 saturated carbocycles. The predicted octanol–water partition coefficient (Wildman–Crippen LogP) is 3.26. The molecule has 2 N–H and O–H groups in total. The summed E-state index contributed by atoms with van der Waals surface area (Å²) in [6.07, 6.45) is 5.35. The van der Waals surface area contributed by atoms with E-state index in [-0.39, 0.29) is 17.9 Å². The average molecular weight is 306 g/mol. The summed E-state index contributed by atoms with van der Waals surface area (Å²) >= 11 is 1.33. The van der Waals surface area contributed by atoms with Crippen molar-refractivity contribution in [3.63, 3.8) is 0 Å². The molecule has 0 aliphatic heterocycles. The van der Waals surface area contributed by atoms with Gasteiger partial charge in [-0.1, -0.05) is 6.42 Å². The second kappa shape index (κ2) is 5.79. The summed E-state index contributed by atoms with van der Waals surface area (Å²) in [5.74, 6) is 2.21. The fourth-order valence-corrected chi connectivity index (χ4v) is 4.85. The van der Waals surface area contributed by atoms with Crippen LogP contribution in [0.5, 0.6) is 0 Å². The lowest BCUT2D eigenvalue weighted by molar-refractivity contribution is -0.114. The molecule has 0 aromatic carbocycles. The van der Waals surface area contributed by atoms with E-state index < -0.39 is 0 Å². The molecule has 21 heavy (non-hydrogen) atoms. The van der Waals surface area contributed by atoms with E-state index in [0.717, 1.165) is 16.8 Å². The van der Waals surface area contributed by atoms with Crippen molar-refractivity contribution in [1.29, 1.82) is 0 Å². The van der Waals surface area contributed by atoms with Gasteiger partial charge in [-0.05, 0) is 56.1 Å². The van der Waals surface area contributed by atoms with E-state index in [1.54, 1.807) is 12.1 Å². The summed E-state index contributed by atoms with van der Waals surface area (Å²) < 4.78 is 0. The van der Waals surface area contributed by atoms with Crippen molar-refractivity contribution in [2.45, 2.75) is 45.6 Å². The Balaban J connectivity index is 1.58. The van der Waals surface area contributed by atoms with Crippen molar-refractivity contribution < 1.29 is 9.59 Å². The van der Waals surface area contributed by atoms with Crippen LogP contribution < -0.4 is 10.6 Å². The molecule has 1 aromatic rings. The third-order valence-corrected chi connectivity index (χ3v) is 5.92. The van der Waals surface area contributed by atoms with E-state index in [0.29, 0.717) is 10.8 Å². The molecule has 3 rings (SSSR count). The molecule has 0 unspecified atom stereocenters. The number of amides is 2. The lowest BCUT2D eigenvalue weighted by Gasteiger charge is -2.28. The lowest BCUT2D eigenvalue weighted by atomic mass is 9.84. The Morgan fingerprint density at radius 1 is 1.29 bits per heavy atom. The molecule has 114 valence electrons. The molecule has 2 bridgehead atoms. The van der Waals surface area contributed by atoms with Gasteiger partial charge in [0, 0.05) is 13.0 Å². The largest absolute Gasteiger partial charge is 0.349 e. The van der Waals surface area contributed by atoms with Crippen LogP contribution in [0.1, 0.15) is 49.2 Å². The minimum atomic E-state index is -0.112. The van der Waals surface area contributed by atoms with Crippen LogP contribution in [-0.2, 0) is 4.79 Å². The quantitative estimate of drug-likeness (QED) is 0.897. The molecule has 2 aliphatic carbocycles. The van der Waals surface area contributed by atoms with Gasteiger partial charge in [0.1, 0.15) is 0 Å². The first kappa shape index (κ1) is 14.6. The SMILES string of the molecule is CC(=O)Nc1ccc(C(=O)N[C@H](C)[C@@H]2C[C@H]3CC[C@H]2C3)s1. The van der Waals surface area contributed by atoms with Crippen LogP contribution >= 0.6 is 11.3 Å². The Hall–Kier alpha value is -1.36. The van der Waals surface area contributed by atoms with Gasteiger partial charge < -0.3 is 10.6 Å². The molecule has 1 aromatic heterocycles. The zero-order valence-electron chi connectivity index (χ0n) is 12.5. The standard InChI is InChI=1S/C16H22N2O2S/c1-9(13-8-11-3-4-12(13)7-11)17-16(20)14-5-6-15(21-14)18-10(2)19/h5-6,9,11-13H,3-4,7-8H2,1-2H3,(H,17,20)(H,18,19)/t9-,11+,12+,13+/m1/s1. The minimum Gasteiger partial charge on any atom is -0.349 e.